The van der Waals surface area contributed by atoms with Crippen LogP contribution in [0.3, 0.4) is 0 Å². The Morgan fingerprint density at radius 3 is 2.71 bits per heavy atom. The molecule has 0 spiro atoms. The molecule has 3 heterocycles. The van der Waals surface area contributed by atoms with E-state index in [9.17, 15) is 4.79 Å². The number of benzene rings is 1. The van der Waals surface area contributed by atoms with Gasteiger partial charge in [0.25, 0.3) is 0 Å². The van der Waals surface area contributed by atoms with Gasteiger partial charge in [-0.1, -0.05) is 23.7 Å². The maximum atomic E-state index is 11.4. The van der Waals surface area contributed by atoms with E-state index in [0.29, 0.717) is 10.8 Å². The third kappa shape index (κ3) is 4.52. The van der Waals surface area contributed by atoms with Crippen molar-refractivity contribution in [3.8, 4) is 11.3 Å². The van der Waals surface area contributed by atoms with Crippen molar-refractivity contribution in [1.82, 2.24) is 19.9 Å². The number of anilines is 2. The van der Waals surface area contributed by atoms with Gasteiger partial charge >= 0.3 is 0 Å². The summed E-state index contributed by atoms with van der Waals surface area (Å²) in [4.78, 5) is 29.7. The summed E-state index contributed by atoms with van der Waals surface area (Å²) >= 11 is 6.72. The SMILES string of the molecule is C=CCN1CCN(c2ncnc3cc(-c4nc(NC(C)=O)ccc4C)c(Cl)cc23)CC1. The van der Waals surface area contributed by atoms with Crippen LogP contribution in [0.1, 0.15) is 12.5 Å². The molecular weight excluding hydrogens is 412 g/mol. The van der Waals surface area contributed by atoms with Gasteiger partial charge in [0, 0.05) is 50.6 Å². The van der Waals surface area contributed by atoms with Gasteiger partial charge in [0.1, 0.15) is 18.0 Å². The molecule has 160 valence electrons. The summed E-state index contributed by atoms with van der Waals surface area (Å²) in [5.41, 5.74) is 3.27. The number of fused-ring (bicyclic) bond motifs is 1. The van der Waals surface area contributed by atoms with Crippen molar-refractivity contribution in [2.75, 3.05) is 42.9 Å². The van der Waals surface area contributed by atoms with Crippen LogP contribution in [-0.4, -0.2) is 58.5 Å². The zero-order valence-electron chi connectivity index (χ0n) is 17.7. The molecule has 0 unspecified atom stereocenters. The molecule has 0 bridgehead atoms. The maximum Gasteiger partial charge on any atom is 0.222 e. The summed E-state index contributed by atoms with van der Waals surface area (Å²) in [6.07, 6.45) is 3.54. The van der Waals surface area contributed by atoms with Crippen molar-refractivity contribution in [2.24, 2.45) is 0 Å². The van der Waals surface area contributed by atoms with Gasteiger partial charge in [0.15, 0.2) is 0 Å². The summed E-state index contributed by atoms with van der Waals surface area (Å²) in [5, 5.41) is 4.22. The number of piperazine rings is 1. The van der Waals surface area contributed by atoms with E-state index in [1.54, 1.807) is 12.4 Å². The molecule has 1 amide bonds. The summed E-state index contributed by atoms with van der Waals surface area (Å²) in [6.45, 7) is 11.8. The number of amides is 1. The van der Waals surface area contributed by atoms with Gasteiger partial charge < -0.3 is 10.2 Å². The monoisotopic (exact) mass is 436 g/mol. The van der Waals surface area contributed by atoms with E-state index < -0.39 is 0 Å². The average Bonchev–Trinajstić information content (AvgIpc) is 2.75. The number of hydrogen-bond donors (Lipinski definition) is 1. The Balaban J connectivity index is 1.71. The van der Waals surface area contributed by atoms with Crippen molar-refractivity contribution in [3.63, 3.8) is 0 Å². The minimum atomic E-state index is -0.169. The molecule has 1 aliphatic rings. The third-order valence-corrected chi connectivity index (χ3v) is 5.73. The number of nitrogens with zero attached hydrogens (tertiary/aromatic N) is 5. The van der Waals surface area contributed by atoms with Crippen LogP contribution in [0.15, 0.2) is 43.2 Å². The van der Waals surface area contributed by atoms with Gasteiger partial charge in [-0.05, 0) is 30.7 Å². The maximum absolute atomic E-state index is 11.4. The summed E-state index contributed by atoms with van der Waals surface area (Å²) in [7, 11) is 0. The van der Waals surface area contributed by atoms with Gasteiger partial charge in [0.05, 0.1) is 16.2 Å². The van der Waals surface area contributed by atoms with Crippen LogP contribution in [0.25, 0.3) is 22.2 Å². The predicted molar refractivity (Wildman–Crippen MR) is 126 cm³/mol. The molecule has 8 heteroatoms. The van der Waals surface area contributed by atoms with E-state index in [4.69, 9.17) is 11.6 Å². The molecule has 4 rings (SSSR count). The van der Waals surface area contributed by atoms with Crippen LogP contribution in [0.5, 0.6) is 0 Å². The second-order valence-electron chi connectivity index (χ2n) is 7.67. The molecule has 1 fully saturated rings. The molecule has 2 aromatic heterocycles. The predicted octanol–water partition coefficient (Wildman–Crippen LogP) is 3.92. The molecule has 31 heavy (non-hydrogen) atoms. The van der Waals surface area contributed by atoms with Gasteiger partial charge in [-0.25, -0.2) is 15.0 Å². The number of aromatic nitrogens is 3. The van der Waals surface area contributed by atoms with E-state index in [2.05, 4.69) is 36.6 Å². The Bertz CT molecular complexity index is 1140. The van der Waals surface area contributed by atoms with E-state index in [1.807, 2.05) is 31.2 Å². The van der Waals surface area contributed by atoms with Crippen molar-refractivity contribution >= 4 is 40.0 Å². The second-order valence-corrected chi connectivity index (χ2v) is 8.07. The lowest BCUT2D eigenvalue weighted by Crippen LogP contribution is -2.46. The van der Waals surface area contributed by atoms with Crippen LogP contribution >= 0.6 is 11.6 Å². The fourth-order valence-corrected chi connectivity index (χ4v) is 4.13. The lowest BCUT2D eigenvalue weighted by Gasteiger charge is -2.35. The average molecular weight is 437 g/mol. The van der Waals surface area contributed by atoms with Crippen molar-refractivity contribution < 1.29 is 4.79 Å². The molecule has 0 atom stereocenters. The normalized spacial score (nSPS) is 14.6. The first-order chi connectivity index (χ1) is 15.0. The number of hydrogen-bond acceptors (Lipinski definition) is 6. The number of carbonyl (C=O) groups is 1. The molecule has 3 aromatic rings. The highest BCUT2D eigenvalue weighted by molar-refractivity contribution is 6.34. The highest BCUT2D eigenvalue weighted by Crippen LogP contribution is 2.35. The molecule has 1 aromatic carbocycles. The van der Waals surface area contributed by atoms with Crippen LogP contribution in [0.2, 0.25) is 5.02 Å². The quantitative estimate of drug-likeness (QED) is 0.611. The molecule has 0 saturated carbocycles. The van der Waals surface area contributed by atoms with Crippen LogP contribution < -0.4 is 10.2 Å². The Morgan fingerprint density at radius 2 is 2.00 bits per heavy atom. The number of rotatable bonds is 5. The van der Waals surface area contributed by atoms with E-state index in [1.165, 1.54) is 6.92 Å². The molecule has 1 aliphatic heterocycles. The summed E-state index contributed by atoms with van der Waals surface area (Å²) in [6, 6.07) is 7.57. The van der Waals surface area contributed by atoms with E-state index in [0.717, 1.165) is 66.3 Å². The Morgan fingerprint density at radius 1 is 1.23 bits per heavy atom. The zero-order chi connectivity index (χ0) is 22.0. The van der Waals surface area contributed by atoms with Crippen LogP contribution in [-0.2, 0) is 4.79 Å². The van der Waals surface area contributed by atoms with Crippen molar-refractivity contribution in [1.29, 1.82) is 0 Å². The molecule has 1 N–H and O–H groups in total. The Hall–Kier alpha value is -3.03. The summed E-state index contributed by atoms with van der Waals surface area (Å²) < 4.78 is 0. The molecule has 1 saturated heterocycles. The topological polar surface area (TPSA) is 74.2 Å². The first-order valence-electron chi connectivity index (χ1n) is 10.2. The molecule has 7 nitrogen and oxygen atoms in total. The van der Waals surface area contributed by atoms with E-state index >= 15 is 0 Å². The lowest BCUT2D eigenvalue weighted by molar-refractivity contribution is -0.114. The minimum absolute atomic E-state index is 0.169. The fraction of sp³-hybridized carbons (Fsp3) is 0.304. The third-order valence-electron chi connectivity index (χ3n) is 5.42. The first kappa shape index (κ1) is 21.2. The second kappa shape index (κ2) is 8.99. The van der Waals surface area contributed by atoms with Crippen molar-refractivity contribution in [2.45, 2.75) is 13.8 Å². The van der Waals surface area contributed by atoms with Crippen LogP contribution in [0.4, 0.5) is 11.6 Å². The van der Waals surface area contributed by atoms with Gasteiger partial charge in [-0.2, -0.15) is 0 Å². The Kier molecular flexibility index (Phi) is 6.15. The summed E-state index contributed by atoms with van der Waals surface area (Å²) in [5.74, 6) is 1.22. The minimum Gasteiger partial charge on any atom is -0.353 e. The Labute approximate surface area is 186 Å². The number of carbonyl (C=O) groups excluding carboxylic acids is 1. The number of aryl methyl sites for hydroxylation is 1. The lowest BCUT2D eigenvalue weighted by atomic mass is 10.0. The van der Waals surface area contributed by atoms with Gasteiger partial charge in [-0.15, -0.1) is 6.58 Å². The fourth-order valence-electron chi connectivity index (χ4n) is 3.87. The number of nitrogens with one attached hydrogen (secondary N) is 1. The largest absolute Gasteiger partial charge is 0.353 e. The zero-order valence-corrected chi connectivity index (χ0v) is 18.5. The highest BCUT2D eigenvalue weighted by atomic mass is 35.5. The van der Waals surface area contributed by atoms with Gasteiger partial charge in [0.2, 0.25) is 5.91 Å². The van der Waals surface area contributed by atoms with Crippen molar-refractivity contribution in [3.05, 3.63) is 53.8 Å². The number of pyridine rings is 1. The van der Waals surface area contributed by atoms with Gasteiger partial charge in [-0.3, -0.25) is 9.69 Å². The standard InChI is InChI=1S/C23H25ClN6O/c1-4-7-29-8-10-30(11-9-29)23-18-12-19(24)17(13-20(18)25-14-26-23)22-15(2)5-6-21(28-22)27-16(3)31/h4-6,12-14H,1,7-11H2,2-3H3,(H,27,28,31). The molecular formula is C23H25ClN6O. The molecule has 0 aliphatic carbocycles. The van der Waals surface area contributed by atoms with Crippen LogP contribution in [0, 0.1) is 6.92 Å². The highest BCUT2D eigenvalue weighted by Gasteiger charge is 2.20. The van der Waals surface area contributed by atoms with E-state index in [-0.39, 0.29) is 5.91 Å². The number of halogens is 1. The molecule has 0 radical (unpaired) electrons. The first-order valence-corrected chi connectivity index (χ1v) is 10.6. The smallest absolute Gasteiger partial charge is 0.222 e.